The van der Waals surface area contributed by atoms with Gasteiger partial charge >= 0.3 is 0 Å². The molecule has 0 saturated carbocycles. The van der Waals surface area contributed by atoms with Crippen molar-refractivity contribution in [1.29, 1.82) is 0 Å². The monoisotopic (exact) mass is 152 g/mol. The van der Waals surface area contributed by atoms with Gasteiger partial charge in [-0.25, -0.2) is 4.39 Å². The van der Waals surface area contributed by atoms with E-state index >= 15 is 0 Å². The van der Waals surface area contributed by atoms with Crippen molar-refractivity contribution in [1.82, 2.24) is 0 Å². The number of hydrogen-bond acceptors (Lipinski definition) is 0. The lowest BCUT2D eigenvalue weighted by Crippen LogP contribution is -1.84. The minimum Gasteiger partial charge on any atom is -0.211 e. The molecule has 1 aliphatic carbocycles. The Morgan fingerprint density at radius 3 is 2.91 bits per heavy atom. The molecule has 0 aromatic rings. The minimum atomic E-state index is -0.0325. The normalized spacial score (nSPS) is 18.3. The molecule has 60 valence electrons. The summed E-state index contributed by atoms with van der Waals surface area (Å²) < 4.78 is 12.8. The zero-order valence-corrected chi connectivity index (χ0v) is 7.02. The van der Waals surface area contributed by atoms with Crippen molar-refractivity contribution in [3.05, 3.63) is 35.2 Å². The molecular weight excluding hydrogens is 139 g/mol. The van der Waals surface area contributed by atoms with Crippen LogP contribution in [0, 0.1) is 0 Å². The van der Waals surface area contributed by atoms with Gasteiger partial charge in [0.25, 0.3) is 0 Å². The highest BCUT2D eigenvalue weighted by Crippen LogP contribution is 2.22. The molecule has 1 heteroatoms. The minimum absolute atomic E-state index is 0.0325. The lowest BCUT2D eigenvalue weighted by Gasteiger charge is -2.03. The molecule has 0 fully saturated rings. The van der Waals surface area contributed by atoms with Crippen LogP contribution in [-0.2, 0) is 0 Å². The molecule has 0 nitrogen and oxygen atoms in total. The first kappa shape index (κ1) is 8.25. The van der Waals surface area contributed by atoms with Crippen molar-refractivity contribution < 1.29 is 4.39 Å². The summed E-state index contributed by atoms with van der Waals surface area (Å²) in [6.07, 6.45) is 6.71. The molecule has 0 aromatic heterocycles. The molecule has 0 heterocycles. The molecule has 0 bridgehead atoms. The van der Waals surface area contributed by atoms with Crippen molar-refractivity contribution >= 4 is 0 Å². The van der Waals surface area contributed by atoms with Crippen LogP contribution in [0.2, 0.25) is 0 Å². The summed E-state index contributed by atoms with van der Waals surface area (Å²) >= 11 is 0. The van der Waals surface area contributed by atoms with Crippen molar-refractivity contribution in [3.63, 3.8) is 0 Å². The SMILES string of the molecule is CCC1=C(C)C=CC=C(F)C1. The van der Waals surface area contributed by atoms with Crippen LogP contribution in [0.15, 0.2) is 35.2 Å². The third kappa shape index (κ3) is 2.04. The van der Waals surface area contributed by atoms with Gasteiger partial charge in [0.1, 0.15) is 5.83 Å². The van der Waals surface area contributed by atoms with Gasteiger partial charge in [-0.3, -0.25) is 0 Å². The first-order valence-corrected chi connectivity index (χ1v) is 3.95. The van der Waals surface area contributed by atoms with Crippen LogP contribution >= 0.6 is 0 Å². The fraction of sp³-hybridized carbons (Fsp3) is 0.400. The Morgan fingerprint density at radius 2 is 2.27 bits per heavy atom. The Labute approximate surface area is 67.1 Å². The van der Waals surface area contributed by atoms with Crippen molar-refractivity contribution in [2.45, 2.75) is 26.7 Å². The quantitative estimate of drug-likeness (QED) is 0.539. The van der Waals surface area contributed by atoms with Crippen LogP contribution in [0.3, 0.4) is 0 Å². The van der Waals surface area contributed by atoms with Crippen molar-refractivity contribution in [2.24, 2.45) is 0 Å². The summed E-state index contributed by atoms with van der Waals surface area (Å²) in [5.41, 5.74) is 2.41. The third-order valence-electron chi connectivity index (χ3n) is 1.99. The van der Waals surface area contributed by atoms with Crippen LogP contribution in [-0.4, -0.2) is 0 Å². The second-order valence-electron chi connectivity index (χ2n) is 2.79. The molecule has 0 radical (unpaired) electrons. The summed E-state index contributed by atoms with van der Waals surface area (Å²) in [5, 5.41) is 0. The average molecular weight is 152 g/mol. The molecule has 0 atom stereocenters. The number of allylic oxidation sites excluding steroid dienone is 6. The lowest BCUT2D eigenvalue weighted by atomic mass is 10.0. The van der Waals surface area contributed by atoms with E-state index in [-0.39, 0.29) is 5.83 Å². The van der Waals surface area contributed by atoms with Gasteiger partial charge in [-0.05, 0) is 19.4 Å². The first-order valence-electron chi connectivity index (χ1n) is 3.95. The highest BCUT2D eigenvalue weighted by atomic mass is 19.1. The van der Waals surface area contributed by atoms with Gasteiger partial charge in [-0.15, -0.1) is 0 Å². The Morgan fingerprint density at radius 1 is 1.55 bits per heavy atom. The molecule has 0 spiro atoms. The van der Waals surface area contributed by atoms with E-state index in [9.17, 15) is 4.39 Å². The topological polar surface area (TPSA) is 0 Å². The Hall–Kier alpha value is -0.850. The molecule has 0 aromatic carbocycles. The van der Waals surface area contributed by atoms with Gasteiger partial charge in [-0.1, -0.05) is 30.2 Å². The van der Waals surface area contributed by atoms with Crippen molar-refractivity contribution in [3.8, 4) is 0 Å². The second-order valence-corrected chi connectivity index (χ2v) is 2.79. The Balaban J connectivity index is 2.89. The molecule has 0 saturated heterocycles. The van der Waals surface area contributed by atoms with Crippen LogP contribution in [0.25, 0.3) is 0 Å². The van der Waals surface area contributed by atoms with Gasteiger partial charge in [-0.2, -0.15) is 0 Å². The highest BCUT2D eigenvalue weighted by molar-refractivity contribution is 5.32. The number of halogens is 1. The van der Waals surface area contributed by atoms with E-state index in [1.165, 1.54) is 17.2 Å². The number of hydrogen-bond donors (Lipinski definition) is 0. The van der Waals surface area contributed by atoms with E-state index in [2.05, 4.69) is 6.92 Å². The zero-order chi connectivity index (χ0) is 8.27. The van der Waals surface area contributed by atoms with Gasteiger partial charge in [0.2, 0.25) is 0 Å². The fourth-order valence-corrected chi connectivity index (χ4v) is 1.22. The Bertz CT molecular complexity index is 231. The third-order valence-corrected chi connectivity index (χ3v) is 1.99. The first-order chi connectivity index (χ1) is 5.24. The molecule has 0 amide bonds. The van der Waals surface area contributed by atoms with Crippen LogP contribution in [0.4, 0.5) is 4.39 Å². The molecule has 0 N–H and O–H groups in total. The van der Waals surface area contributed by atoms with E-state index in [1.807, 2.05) is 13.0 Å². The standard InChI is InChI=1S/C10H13F/c1-3-9-7-10(11)6-4-5-8(9)2/h4-6H,3,7H2,1-2H3. The predicted octanol–water partition coefficient (Wildman–Crippen LogP) is 3.53. The smallest absolute Gasteiger partial charge is 0.104 e. The highest BCUT2D eigenvalue weighted by Gasteiger charge is 2.04. The molecule has 1 aliphatic rings. The van der Waals surface area contributed by atoms with Crippen LogP contribution < -0.4 is 0 Å². The average Bonchev–Trinajstić information content (AvgIpc) is 2.13. The summed E-state index contributed by atoms with van der Waals surface area (Å²) in [6.45, 7) is 4.09. The maximum Gasteiger partial charge on any atom is 0.104 e. The Kier molecular flexibility index (Phi) is 2.64. The molecule has 0 aliphatic heterocycles. The summed E-state index contributed by atoms with van der Waals surface area (Å²) in [6, 6.07) is 0. The molecule has 11 heavy (non-hydrogen) atoms. The van der Waals surface area contributed by atoms with E-state index < -0.39 is 0 Å². The zero-order valence-electron chi connectivity index (χ0n) is 7.02. The molecule has 0 unspecified atom stereocenters. The lowest BCUT2D eigenvalue weighted by molar-refractivity contribution is 0.607. The maximum atomic E-state index is 12.8. The van der Waals surface area contributed by atoms with Gasteiger partial charge in [0, 0.05) is 6.42 Å². The number of rotatable bonds is 1. The molecule has 1 rings (SSSR count). The predicted molar refractivity (Wildman–Crippen MR) is 45.9 cm³/mol. The second kappa shape index (κ2) is 3.51. The van der Waals surface area contributed by atoms with E-state index in [0.717, 1.165) is 6.42 Å². The van der Waals surface area contributed by atoms with Crippen LogP contribution in [0.5, 0.6) is 0 Å². The fourth-order valence-electron chi connectivity index (χ4n) is 1.22. The largest absolute Gasteiger partial charge is 0.211 e. The maximum absolute atomic E-state index is 12.8. The summed E-state index contributed by atoms with van der Waals surface area (Å²) in [7, 11) is 0. The van der Waals surface area contributed by atoms with Gasteiger partial charge in [0.05, 0.1) is 0 Å². The summed E-state index contributed by atoms with van der Waals surface area (Å²) in [5.74, 6) is -0.0325. The molecular formula is C10H13F. The summed E-state index contributed by atoms with van der Waals surface area (Å²) in [4.78, 5) is 0. The van der Waals surface area contributed by atoms with E-state index in [4.69, 9.17) is 0 Å². The van der Waals surface area contributed by atoms with Crippen LogP contribution in [0.1, 0.15) is 26.7 Å². The van der Waals surface area contributed by atoms with Gasteiger partial charge < -0.3 is 0 Å². The van der Waals surface area contributed by atoms with Crippen molar-refractivity contribution in [2.75, 3.05) is 0 Å². The van der Waals surface area contributed by atoms with E-state index in [0.29, 0.717) is 6.42 Å². The van der Waals surface area contributed by atoms with E-state index in [1.54, 1.807) is 6.08 Å². The van der Waals surface area contributed by atoms with Gasteiger partial charge in [0.15, 0.2) is 0 Å².